The van der Waals surface area contributed by atoms with Crippen molar-refractivity contribution >= 4 is 11.0 Å². The lowest BCUT2D eigenvalue weighted by atomic mass is 9.90. The lowest BCUT2D eigenvalue weighted by Gasteiger charge is -2.22. The number of likely N-dealkylation sites (tertiary alicyclic amines) is 1. The van der Waals surface area contributed by atoms with E-state index in [0.29, 0.717) is 29.9 Å². The van der Waals surface area contributed by atoms with Gasteiger partial charge in [0.25, 0.3) is 0 Å². The highest BCUT2D eigenvalue weighted by atomic mass is 19.3. The Bertz CT molecular complexity index is 640. The molecule has 1 fully saturated rings. The molecule has 4 nitrogen and oxygen atoms in total. The number of hydrogen-bond acceptors (Lipinski definition) is 3. The summed E-state index contributed by atoms with van der Waals surface area (Å²) in [5, 5.41) is 0. The maximum Gasteiger partial charge on any atom is 0.320 e. The van der Waals surface area contributed by atoms with Crippen molar-refractivity contribution in [1.29, 1.82) is 0 Å². The summed E-state index contributed by atoms with van der Waals surface area (Å²) in [6.07, 6.45) is 0.998. The molecule has 3 rings (SSSR count). The molecular weight excluding hydrogens is 274 g/mol. The van der Waals surface area contributed by atoms with Gasteiger partial charge < -0.3 is 5.73 Å². The van der Waals surface area contributed by atoms with Crippen LogP contribution in [0.2, 0.25) is 0 Å². The number of nitrogens with two attached hydrogens (primary N) is 1. The number of para-hydroxylation sites is 2. The predicted octanol–water partition coefficient (Wildman–Crippen LogP) is 2.60. The quantitative estimate of drug-likeness (QED) is 0.943. The number of alkyl halides is 2. The van der Waals surface area contributed by atoms with Gasteiger partial charge in [0.05, 0.1) is 17.6 Å². The maximum absolute atomic E-state index is 13.4. The third-order valence-corrected chi connectivity index (χ3v) is 4.36. The van der Waals surface area contributed by atoms with Crippen LogP contribution in [0.5, 0.6) is 0 Å². The first-order valence-corrected chi connectivity index (χ1v) is 7.19. The Balaban J connectivity index is 1.89. The Morgan fingerprint density at radius 2 is 2.14 bits per heavy atom. The van der Waals surface area contributed by atoms with E-state index in [1.165, 1.54) is 0 Å². The fourth-order valence-electron chi connectivity index (χ4n) is 3.05. The Morgan fingerprint density at radius 1 is 1.38 bits per heavy atom. The van der Waals surface area contributed by atoms with Gasteiger partial charge >= 0.3 is 6.55 Å². The van der Waals surface area contributed by atoms with E-state index >= 15 is 0 Å². The third-order valence-electron chi connectivity index (χ3n) is 4.36. The van der Waals surface area contributed by atoms with Crippen LogP contribution in [-0.2, 0) is 6.54 Å². The van der Waals surface area contributed by atoms with Crippen LogP contribution < -0.4 is 5.73 Å². The summed E-state index contributed by atoms with van der Waals surface area (Å²) in [6, 6.07) is 7.03. The minimum Gasteiger partial charge on any atom is -0.330 e. The SMILES string of the molecule is CC1(CN)CCN(Cc2nc3ccccc3n2C(F)F)C1. The van der Waals surface area contributed by atoms with E-state index in [1.54, 1.807) is 18.2 Å². The molecule has 0 bridgehead atoms. The molecule has 1 aromatic heterocycles. The molecule has 0 saturated carbocycles. The van der Waals surface area contributed by atoms with Crippen LogP contribution in [0, 0.1) is 5.41 Å². The standard InChI is InChI=1S/C15H20F2N4/c1-15(9-18)6-7-20(10-15)8-13-19-11-4-2-3-5-12(11)21(13)14(16)17/h2-5,14H,6-10,18H2,1H3. The van der Waals surface area contributed by atoms with Crippen molar-refractivity contribution in [2.75, 3.05) is 19.6 Å². The zero-order chi connectivity index (χ0) is 15.0. The largest absolute Gasteiger partial charge is 0.330 e. The average Bonchev–Trinajstić information content (AvgIpc) is 3.00. The minimum absolute atomic E-state index is 0.0850. The first kappa shape index (κ1) is 14.4. The number of benzene rings is 1. The molecule has 1 aliphatic heterocycles. The highest BCUT2D eigenvalue weighted by Crippen LogP contribution is 2.31. The van der Waals surface area contributed by atoms with Crippen LogP contribution in [0.4, 0.5) is 8.78 Å². The van der Waals surface area contributed by atoms with Crippen molar-refractivity contribution in [1.82, 2.24) is 14.5 Å². The zero-order valence-electron chi connectivity index (χ0n) is 12.1. The van der Waals surface area contributed by atoms with E-state index < -0.39 is 6.55 Å². The molecule has 6 heteroatoms. The van der Waals surface area contributed by atoms with E-state index in [4.69, 9.17) is 5.73 Å². The number of halogens is 2. The van der Waals surface area contributed by atoms with E-state index in [-0.39, 0.29) is 5.41 Å². The molecule has 0 spiro atoms. The van der Waals surface area contributed by atoms with Gasteiger partial charge in [-0.1, -0.05) is 19.1 Å². The van der Waals surface area contributed by atoms with Gasteiger partial charge in [0, 0.05) is 6.54 Å². The first-order chi connectivity index (χ1) is 10.0. The van der Waals surface area contributed by atoms with Crippen molar-refractivity contribution in [2.45, 2.75) is 26.4 Å². The Morgan fingerprint density at radius 3 is 2.81 bits per heavy atom. The molecule has 1 saturated heterocycles. The second kappa shape index (κ2) is 5.35. The Hall–Kier alpha value is -1.53. The van der Waals surface area contributed by atoms with Crippen molar-refractivity contribution in [3.63, 3.8) is 0 Å². The number of hydrogen-bond donors (Lipinski definition) is 1. The molecule has 21 heavy (non-hydrogen) atoms. The van der Waals surface area contributed by atoms with Crippen LogP contribution >= 0.6 is 0 Å². The number of nitrogens with zero attached hydrogens (tertiary/aromatic N) is 3. The number of rotatable bonds is 4. The fourth-order valence-corrected chi connectivity index (χ4v) is 3.05. The number of aromatic nitrogens is 2. The van der Waals surface area contributed by atoms with Gasteiger partial charge in [-0.15, -0.1) is 0 Å². The van der Waals surface area contributed by atoms with Crippen molar-refractivity contribution in [3.05, 3.63) is 30.1 Å². The van der Waals surface area contributed by atoms with Crippen LogP contribution in [0.15, 0.2) is 24.3 Å². The van der Waals surface area contributed by atoms with E-state index in [0.717, 1.165) is 24.1 Å². The van der Waals surface area contributed by atoms with Crippen LogP contribution in [0.1, 0.15) is 25.7 Å². The molecule has 1 aromatic carbocycles. The van der Waals surface area contributed by atoms with Crippen LogP contribution in [0.3, 0.4) is 0 Å². The molecule has 2 N–H and O–H groups in total. The molecule has 1 unspecified atom stereocenters. The van der Waals surface area contributed by atoms with Gasteiger partial charge in [0.2, 0.25) is 0 Å². The maximum atomic E-state index is 13.4. The molecule has 2 heterocycles. The van der Waals surface area contributed by atoms with Crippen LogP contribution in [-0.4, -0.2) is 34.1 Å². The van der Waals surface area contributed by atoms with E-state index in [2.05, 4.69) is 16.8 Å². The molecule has 0 radical (unpaired) electrons. The first-order valence-electron chi connectivity index (χ1n) is 7.19. The summed E-state index contributed by atoms with van der Waals surface area (Å²) >= 11 is 0. The van der Waals surface area contributed by atoms with Crippen molar-refractivity contribution in [3.8, 4) is 0 Å². The van der Waals surface area contributed by atoms with Gasteiger partial charge in [0.15, 0.2) is 0 Å². The summed E-state index contributed by atoms with van der Waals surface area (Å²) < 4.78 is 27.8. The topological polar surface area (TPSA) is 47.1 Å². The molecule has 114 valence electrons. The summed E-state index contributed by atoms with van der Waals surface area (Å²) in [6.45, 7) is 2.33. The molecule has 0 aliphatic carbocycles. The predicted molar refractivity (Wildman–Crippen MR) is 78.0 cm³/mol. The smallest absolute Gasteiger partial charge is 0.320 e. The Kier molecular flexibility index (Phi) is 3.67. The zero-order valence-corrected chi connectivity index (χ0v) is 12.1. The highest BCUT2D eigenvalue weighted by molar-refractivity contribution is 5.75. The van der Waals surface area contributed by atoms with E-state index in [1.807, 2.05) is 6.07 Å². The van der Waals surface area contributed by atoms with Gasteiger partial charge in [-0.05, 0) is 37.1 Å². The van der Waals surface area contributed by atoms with Crippen molar-refractivity contribution in [2.24, 2.45) is 11.1 Å². The summed E-state index contributed by atoms with van der Waals surface area (Å²) in [5.74, 6) is 0.424. The molecule has 1 atom stereocenters. The van der Waals surface area contributed by atoms with Gasteiger partial charge in [0.1, 0.15) is 5.82 Å². The van der Waals surface area contributed by atoms with Crippen molar-refractivity contribution < 1.29 is 8.78 Å². The number of imidazole rings is 1. The number of fused-ring (bicyclic) bond motifs is 1. The molecule has 2 aromatic rings. The summed E-state index contributed by atoms with van der Waals surface area (Å²) in [5.41, 5.74) is 6.99. The minimum atomic E-state index is -2.57. The van der Waals surface area contributed by atoms with Gasteiger partial charge in [-0.3, -0.25) is 9.47 Å². The van der Waals surface area contributed by atoms with Gasteiger partial charge in [-0.25, -0.2) is 4.98 Å². The Labute approximate surface area is 122 Å². The molecular formula is C15H20F2N4. The second-order valence-corrected chi connectivity index (χ2v) is 6.14. The van der Waals surface area contributed by atoms with Gasteiger partial charge in [-0.2, -0.15) is 8.78 Å². The highest BCUT2D eigenvalue weighted by Gasteiger charge is 2.33. The normalized spacial score (nSPS) is 23.5. The fraction of sp³-hybridized carbons (Fsp3) is 0.533. The summed E-state index contributed by atoms with van der Waals surface area (Å²) in [7, 11) is 0. The van der Waals surface area contributed by atoms with Crippen LogP contribution in [0.25, 0.3) is 11.0 Å². The van der Waals surface area contributed by atoms with E-state index in [9.17, 15) is 8.78 Å². The lowest BCUT2D eigenvalue weighted by molar-refractivity contribution is 0.0687. The molecule has 1 aliphatic rings. The monoisotopic (exact) mass is 294 g/mol. The average molecular weight is 294 g/mol. The third kappa shape index (κ3) is 2.65. The second-order valence-electron chi connectivity index (χ2n) is 6.14. The lowest BCUT2D eigenvalue weighted by Crippen LogP contribution is -2.31. The summed E-state index contributed by atoms with van der Waals surface area (Å²) in [4.78, 5) is 6.54. The molecule has 0 amide bonds.